The number of hydrogen-bond donors (Lipinski definition) is 1. The molecule has 0 radical (unpaired) electrons. The van der Waals surface area contributed by atoms with Crippen molar-refractivity contribution in [3.05, 3.63) is 15.9 Å². The highest BCUT2D eigenvalue weighted by molar-refractivity contribution is 9.10. The molecule has 0 aromatic carbocycles. The van der Waals surface area contributed by atoms with E-state index in [0.717, 1.165) is 54.9 Å². The molecule has 0 bridgehead atoms. The Labute approximate surface area is 124 Å². The molecule has 0 aliphatic rings. The van der Waals surface area contributed by atoms with Crippen molar-refractivity contribution in [2.24, 2.45) is 0 Å². The number of aliphatic hydroxyl groups excluding tert-OH is 1. The van der Waals surface area contributed by atoms with Crippen LogP contribution in [0.15, 0.2) is 4.47 Å². The molecule has 1 aromatic rings. The van der Waals surface area contributed by atoms with Gasteiger partial charge in [-0.3, -0.25) is 4.68 Å². The maximum absolute atomic E-state index is 10.1. The highest BCUT2D eigenvalue weighted by Gasteiger charge is 2.17. The van der Waals surface area contributed by atoms with Gasteiger partial charge in [0.05, 0.1) is 22.0 Å². The third-order valence-corrected chi connectivity index (χ3v) is 4.07. The van der Waals surface area contributed by atoms with E-state index in [4.69, 9.17) is 4.74 Å². The van der Waals surface area contributed by atoms with Crippen molar-refractivity contribution in [1.82, 2.24) is 9.78 Å². The summed E-state index contributed by atoms with van der Waals surface area (Å²) in [4.78, 5) is 0. The minimum atomic E-state index is -0.330. The minimum absolute atomic E-state index is 0.330. The standard InChI is InChI=1S/C14H25BrN2O2/c1-4-12-14(15)13(17(5-2)16-12)10-11(18)8-7-9-19-6-3/h11,18H,4-10H2,1-3H3. The molecule has 4 nitrogen and oxygen atoms in total. The van der Waals surface area contributed by atoms with Gasteiger partial charge in [0.1, 0.15) is 0 Å². The summed E-state index contributed by atoms with van der Waals surface area (Å²) in [6, 6.07) is 0. The van der Waals surface area contributed by atoms with Crippen molar-refractivity contribution in [3.8, 4) is 0 Å². The minimum Gasteiger partial charge on any atom is -0.393 e. The largest absolute Gasteiger partial charge is 0.393 e. The highest BCUT2D eigenvalue weighted by Crippen LogP contribution is 2.24. The number of aryl methyl sites for hydroxylation is 2. The van der Waals surface area contributed by atoms with Gasteiger partial charge < -0.3 is 9.84 Å². The van der Waals surface area contributed by atoms with Gasteiger partial charge in [-0.2, -0.15) is 5.10 Å². The van der Waals surface area contributed by atoms with E-state index in [0.29, 0.717) is 6.42 Å². The summed E-state index contributed by atoms with van der Waals surface area (Å²) in [7, 11) is 0. The Morgan fingerprint density at radius 3 is 2.68 bits per heavy atom. The monoisotopic (exact) mass is 332 g/mol. The molecule has 110 valence electrons. The smallest absolute Gasteiger partial charge is 0.0766 e. The Bertz CT molecular complexity index is 380. The van der Waals surface area contributed by atoms with Crippen molar-refractivity contribution < 1.29 is 9.84 Å². The van der Waals surface area contributed by atoms with Crippen molar-refractivity contribution in [2.45, 2.75) is 59.1 Å². The summed E-state index contributed by atoms with van der Waals surface area (Å²) >= 11 is 3.61. The first-order valence-electron chi connectivity index (χ1n) is 7.13. The number of rotatable bonds is 9. The number of aliphatic hydroxyl groups is 1. The Kier molecular flexibility index (Phi) is 7.64. The van der Waals surface area contributed by atoms with Crippen molar-refractivity contribution in [2.75, 3.05) is 13.2 Å². The van der Waals surface area contributed by atoms with E-state index >= 15 is 0 Å². The van der Waals surface area contributed by atoms with Gasteiger partial charge in [0.2, 0.25) is 0 Å². The number of ether oxygens (including phenoxy) is 1. The average molecular weight is 333 g/mol. The third-order valence-electron chi connectivity index (χ3n) is 3.15. The zero-order valence-corrected chi connectivity index (χ0v) is 13.7. The zero-order valence-electron chi connectivity index (χ0n) is 12.2. The van der Waals surface area contributed by atoms with Gasteiger partial charge in [0.15, 0.2) is 0 Å². The van der Waals surface area contributed by atoms with Gasteiger partial charge in [-0.05, 0) is 49.0 Å². The van der Waals surface area contributed by atoms with Gasteiger partial charge in [-0.25, -0.2) is 0 Å². The lowest BCUT2D eigenvalue weighted by Crippen LogP contribution is -2.15. The first kappa shape index (κ1) is 16.7. The Hall–Kier alpha value is -0.390. The van der Waals surface area contributed by atoms with E-state index in [1.807, 2.05) is 11.6 Å². The van der Waals surface area contributed by atoms with Crippen molar-refractivity contribution >= 4 is 15.9 Å². The van der Waals surface area contributed by atoms with Crippen molar-refractivity contribution in [1.29, 1.82) is 0 Å². The lowest BCUT2D eigenvalue weighted by Gasteiger charge is -2.12. The Morgan fingerprint density at radius 2 is 2.11 bits per heavy atom. The van der Waals surface area contributed by atoms with Gasteiger partial charge >= 0.3 is 0 Å². The zero-order chi connectivity index (χ0) is 14.3. The van der Waals surface area contributed by atoms with Gasteiger partial charge in [0.25, 0.3) is 0 Å². The number of hydrogen-bond acceptors (Lipinski definition) is 3. The van der Waals surface area contributed by atoms with E-state index in [1.54, 1.807) is 0 Å². The van der Waals surface area contributed by atoms with E-state index in [1.165, 1.54) is 0 Å². The lowest BCUT2D eigenvalue weighted by atomic mass is 10.1. The van der Waals surface area contributed by atoms with Crippen LogP contribution in [-0.2, 0) is 24.1 Å². The Balaban J connectivity index is 2.57. The molecule has 1 unspecified atom stereocenters. The maximum atomic E-state index is 10.1. The van der Waals surface area contributed by atoms with E-state index < -0.39 is 0 Å². The number of halogens is 1. The van der Waals surface area contributed by atoms with Crippen LogP contribution in [0.2, 0.25) is 0 Å². The lowest BCUT2D eigenvalue weighted by molar-refractivity contribution is 0.113. The van der Waals surface area contributed by atoms with Gasteiger partial charge in [-0.15, -0.1) is 0 Å². The molecule has 1 atom stereocenters. The van der Waals surface area contributed by atoms with Crippen LogP contribution in [0.25, 0.3) is 0 Å². The van der Waals surface area contributed by atoms with Crippen LogP contribution in [0.4, 0.5) is 0 Å². The molecule has 1 rings (SSSR count). The molecule has 5 heteroatoms. The average Bonchev–Trinajstić information content (AvgIpc) is 2.71. The third kappa shape index (κ3) is 4.89. The van der Waals surface area contributed by atoms with E-state index in [2.05, 4.69) is 34.9 Å². The predicted molar refractivity (Wildman–Crippen MR) is 80.4 cm³/mol. The summed E-state index contributed by atoms with van der Waals surface area (Å²) < 4.78 is 8.32. The summed E-state index contributed by atoms with van der Waals surface area (Å²) in [6.07, 6.45) is 2.88. The molecule has 0 saturated heterocycles. The van der Waals surface area contributed by atoms with E-state index in [-0.39, 0.29) is 6.10 Å². The normalized spacial score (nSPS) is 12.9. The second-order valence-corrected chi connectivity index (χ2v) is 5.37. The molecule has 0 aliphatic heterocycles. The van der Waals surface area contributed by atoms with Crippen LogP contribution < -0.4 is 0 Å². The molecule has 1 aromatic heterocycles. The second kappa shape index (κ2) is 8.72. The molecule has 0 amide bonds. The fourth-order valence-electron chi connectivity index (χ4n) is 2.10. The molecule has 0 aliphatic carbocycles. The maximum Gasteiger partial charge on any atom is 0.0766 e. The molecule has 1 heterocycles. The van der Waals surface area contributed by atoms with Gasteiger partial charge in [-0.1, -0.05) is 6.92 Å². The van der Waals surface area contributed by atoms with Crippen LogP contribution in [0.3, 0.4) is 0 Å². The van der Waals surface area contributed by atoms with Crippen LogP contribution in [-0.4, -0.2) is 34.2 Å². The molecular formula is C14H25BrN2O2. The fourth-order valence-corrected chi connectivity index (χ4v) is 2.83. The summed E-state index contributed by atoms with van der Waals surface area (Å²) in [6.45, 7) is 8.45. The van der Waals surface area contributed by atoms with E-state index in [9.17, 15) is 5.11 Å². The molecule has 19 heavy (non-hydrogen) atoms. The van der Waals surface area contributed by atoms with Crippen LogP contribution in [0.5, 0.6) is 0 Å². The first-order chi connectivity index (χ1) is 9.13. The Morgan fingerprint density at radius 1 is 1.37 bits per heavy atom. The number of aromatic nitrogens is 2. The van der Waals surface area contributed by atoms with Crippen LogP contribution >= 0.6 is 15.9 Å². The number of nitrogens with zero attached hydrogens (tertiary/aromatic N) is 2. The second-order valence-electron chi connectivity index (χ2n) is 4.57. The predicted octanol–water partition coefficient (Wildman–Crippen LogP) is 2.95. The van der Waals surface area contributed by atoms with Crippen LogP contribution in [0.1, 0.15) is 45.0 Å². The summed E-state index contributed by atoms with van der Waals surface area (Å²) in [5.74, 6) is 0. The van der Waals surface area contributed by atoms with Crippen molar-refractivity contribution in [3.63, 3.8) is 0 Å². The highest BCUT2D eigenvalue weighted by atomic mass is 79.9. The molecule has 0 spiro atoms. The molecule has 1 N–H and O–H groups in total. The van der Waals surface area contributed by atoms with Crippen LogP contribution in [0, 0.1) is 0 Å². The molecule has 0 fully saturated rings. The quantitative estimate of drug-likeness (QED) is 0.707. The molecular weight excluding hydrogens is 308 g/mol. The topological polar surface area (TPSA) is 47.3 Å². The summed E-state index contributed by atoms with van der Waals surface area (Å²) in [5, 5.41) is 14.7. The summed E-state index contributed by atoms with van der Waals surface area (Å²) in [5.41, 5.74) is 2.17. The first-order valence-corrected chi connectivity index (χ1v) is 7.93. The molecule has 0 saturated carbocycles. The fraction of sp³-hybridized carbons (Fsp3) is 0.786. The van der Waals surface area contributed by atoms with Gasteiger partial charge in [0, 0.05) is 26.2 Å². The SMILES string of the molecule is CCOCCCC(O)Cc1c(Br)c(CC)nn1CC.